The number of hydrogen-bond donors (Lipinski definition) is 1. The fourth-order valence-corrected chi connectivity index (χ4v) is 3.56. The first-order valence-corrected chi connectivity index (χ1v) is 10.4. The van der Waals surface area contributed by atoms with Gasteiger partial charge in [0.2, 0.25) is 0 Å². The number of nitrogens with one attached hydrogen (secondary N) is 1. The van der Waals surface area contributed by atoms with Gasteiger partial charge in [0, 0.05) is 23.7 Å². The van der Waals surface area contributed by atoms with E-state index in [1.807, 2.05) is 54.6 Å². The number of nitrogens with zero attached hydrogens (tertiary/aromatic N) is 1. The molecule has 31 heavy (non-hydrogen) atoms. The highest BCUT2D eigenvalue weighted by Crippen LogP contribution is 2.46. The Hall–Kier alpha value is -3.60. The van der Waals surface area contributed by atoms with Crippen molar-refractivity contribution < 1.29 is 14.4 Å². The van der Waals surface area contributed by atoms with Crippen LogP contribution in [0, 0.1) is 5.92 Å². The van der Waals surface area contributed by atoms with Gasteiger partial charge in [-0.15, -0.1) is 0 Å². The van der Waals surface area contributed by atoms with Crippen molar-refractivity contribution in [3.63, 3.8) is 0 Å². The van der Waals surface area contributed by atoms with Crippen LogP contribution in [0.2, 0.25) is 0 Å². The number of anilines is 1. The number of rotatable bonds is 10. The molecule has 1 N–H and O–H groups in total. The van der Waals surface area contributed by atoms with Crippen molar-refractivity contribution in [2.45, 2.75) is 18.9 Å². The average molecular weight is 415 g/mol. The van der Waals surface area contributed by atoms with E-state index in [2.05, 4.69) is 34.7 Å². The van der Waals surface area contributed by atoms with Crippen molar-refractivity contribution in [3.05, 3.63) is 95.6 Å². The summed E-state index contributed by atoms with van der Waals surface area (Å²) >= 11 is 0. The van der Waals surface area contributed by atoms with E-state index in [1.54, 1.807) is 0 Å². The topological polar surface area (TPSA) is 59.9 Å². The zero-order valence-electron chi connectivity index (χ0n) is 17.5. The van der Waals surface area contributed by atoms with Crippen molar-refractivity contribution in [2.75, 3.05) is 19.0 Å². The molecule has 0 radical (unpaired) electrons. The van der Waals surface area contributed by atoms with Crippen LogP contribution in [0.15, 0.2) is 84.0 Å². The first-order valence-electron chi connectivity index (χ1n) is 10.4. The van der Waals surface area contributed by atoms with E-state index in [9.17, 15) is 4.79 Å². The molecule has 1 saturated carbocycles. The molecule has 5 heteroatoms. The third kappa shape index (κ3) is 5.51. The zero-order valence-corrected chi connectivity index (χ0v) is 17.5. The van der Waals surface area contributed by atoms with Gasteiger partial charge in [0.05, 0.1) is 0 Å². The highest BCUT2D eigenvalue weighted by molar-refractivity contribution is 6.01. The van der Waals surface area contributed by atoms with Crippen LogP contribution in [0.4, 0.5) is 5.69 Å². The third-order valence-electron chi connectivity index (χ3n) is 5.46. The van der Waals surface area contributed by atoms with Gasteiger partial charge in [-0.3, -0.25) is 0 Å². The van der Waals surface area contributed by atoms with Crippen LogP contribution < -0.4 is 10.1 Å². The Kier molecular flexibility index (Phi) is 6.62. The number of ether oxygens (including phenoxy) is 1. The molecule has 1 aliphatic rings. The molecule has 1 fully saturated rings. The number of oxime groups is 1. The highest BCUT2D eigenvalue weighted by atomic mass is 16.6. The predicted molar refractivity (Wildman–Crippen MR) is 123 cm³/mol. The molecule has 2 unspecified atom stereocenters. The van der Waals surface area contributed by atoms with E-state index < -0.39 is 0 Å². The van der Waals surface area contributed by atoms with Crippen LogP contribution in [0.3, 0.4) is 0 Å². The molecular formula is C26H26N2O3. The molecule has 0 bridgehead atoms. The summed E-state index contributed by atoms with van der Waals surface area (Å²) in [6.45, 7) is 1.05. The van der Waals surface area contributed by atoms with E-state index in [-0.39, 0.29) is 5.92 Å². The van der Waals surface area contributed by atoms with Crippen molar-refractivity contribution >= 4 is 17.7 Å². The lowest BCUT2D eigenvalue weighted by Gasteiger charge is -2.10. The minimum absolute atomic E-state index is 0.212. The second-order valence-electron chi connectivity index (χ2n) is 7.64. The van der Waals surface area contributed by atoms with Gasteiger partial charge in [0.1, 0.15) is 31.5 Å². The number of aldehydes is 1. The Morgan fingerprint density at radius 1 is 1.03 bits per heavy atom. The summed E-state index contributed by atoms with van der Waals surface area (Å²) in [4.78, 5) is 15.8. The summed E-state index contributed by atoms with van der Waals surface area (Å²) < 4.78 is 5.90. The second kappa shape index (κ2) is 9.94. The highest BCUT2D eigenvalue weighted by Gasteiger charge is 2.37. The Morgan fingerprint density at radius 2 is 1.77 bits per heavy atom. The van der Waals surface area contributed by atoms with E-state index in [1.165, 1.54) is 12.7 Å². The largest absolute Gasteiger partial charge is 0.487 e. The molecule has 0 amide bonds. The number of benzene rings is 3. The minimum atomic E-state index is 0.212. The summed E-state index contributed by atoms with van der Waals surface area (Å²) in [5.74, 6) is 1.40. The van der Waals surface area contributed by atoms with Crippen LogP contribution in [0.1, 0.15) is 29.0 Å². The summed E-state index contributed by atoms with van der Waals surface area (Å²) in [5.41, 5.74) is 5.18. The van der Waals surface area contributed by atoms with Crippen LogP contribution in [-0.4, -0.2) is 25.7 Å². The van der Waals surface area contributed by atoms with Gasteiger partial charge in [-0.1, -0.05) is 59.8 Å². The molecule has 3 aromatic carbocycles. The first kappa shape index (κ1) is 20.7. The Balaban J connectivity index is 1.28. The maximum absolute atomic E-state index is 10.8. The van der Waals surface area contributed by atoms with Crippen molar-refractivity contribution in [2.24, 2.45) is 11.1 Å². The predicted octanol–water partition coefficient (Wildman–Crippen LogP) is 5.03. The average Bonchev–Trinajstić information content (AvgIpc) is 3.62. The molecule has 0 heterocycles. The Labute approximate surface area is 182 Å². The van der Waals surface area contributed by atoms with Gasteiger partial charge in [-0.25, -0.2) is 0 Å². The lowest BCUT2D eigenvalue weighted by atomic mass is 10.1. The van der Waals surface area contributed by atoms with E-state index in [0.717, 1.165) is 47.5 Å². The Morgan fingerprint density at radius 3 is 2.42 bits per heavy atom. The van der Waals surface area contributed by atoms with Crippen LogP contribution >= 0.6 is 0 Å². The molecule has 1 aliphatic carbocycles. The van der Waals surface area contributed by atoms with E-state index in [0.29, 0.717) is 12.5 Å². The molecule has 0 saturated heterocycles. The molecule has 5 nitrogen and oxygen atoms in total. The maximum atomic E-state index is 10.8. The van der Waals surface area contributed by atoms with Gasteiger partial charge in [-0.05, 0) is 47.7 Å². The van der Waals surface area contributed by atoms with Crippen molar-refractivity contribution in [1.82, 2.24) is 0 Å². The van der Waals surface area contributed by atoms with Crippen LogP contribution in [0.25, 0.3) is 0 Å². The first-order chi connectivity index (χ1) is 15.3. The Bertz CT molecular complexity index is 1010. The van der Waals surface area contributed by atoms with Gasteiger partial charge < -0.3 is 19.7 Å². The van der Waals surface area contributed by atoms with Crippen LogP contribution in [0.5, 0.6) is 5.75 Å². The monoisotopic (exact) mass is 414 g/mol. The molecule has 0 aliphatic heterocycles. The standard InChI is InChI=1S/C26H26N2O3/c1-30-28-26(21-5-3-2-4-6-21)18-31-24-13-7-19(8-14-24)16-27-23-11-9-20(10-12-23)25-15-22(25)17-29/h2-14,17,22,25,27H,15-16,18H2,1H3. The molecule has 0 spiro atoms. The SMILES string of the molecule is CON=C(COc1ccc(CNc2ccc(C3CC3C=O)cc2)cc1)c1ccccc1. The van der Waals surface area contributed by atoms with E-state index >= 15 is 0 Å². The van der Waals surface area contributed by atoms with Crippen molar-refractivity contribution in [1.29, 1.82) is 0 Å². The van der Waals surface area contributed by atoms with Gasteiger partial charge >= 0.3 is 0 Å². The van der Waals surface area contributed by atoms with Gasteiger partial charge in [0.25, 0.3) is 0 Å². The molecule has 4 rings (SSSR count). The van der Waals surface area contributed by atoms with Crippen molar-refractivity contribution in [3.8, 4) is 5.75 Å². The maximum Gasteiger partial charge on any atom is 0.134 e. The smallest absolute Gasteiger partial charge is 0.134 e. The molecule has 158 valence electrons. The molecular weight excluding hydrogens is 388 g/mol. The molecule has 0 aromatic heterocycles. The summed E-state index contributed by atoms with van der Waals surface area (Å²) in [5, 5.41) is 7.52. The fraction of sp³-hybridized carbons (Fsp3) is 0.231. The van der Waals surface area contributed by atoms with Crippen LogP contribution in [-0.2, 0) is 16.2 Å². The summed E-state index contributed by atoms with van der Waals surface area (Å²) in [6.07, 6.45) is 2.05. The lowest BCUT2D eigenvalue weighted by Crippen LogP contribution is -2.13. The lowest BCUT2D eigenvalue weighted by molar-refractivity contribution is -0.108. The number of carbonyl (C=O) groups is 1. The summed E-state index contributed by atoms with van der Waals surface area (Å²) in [7, 11) is 1.53. The van der Waals surface area contributed by atoms with E-state index in [4.69, 9.17) is 9.57 Å². The van der Waals surface area contributed by atoms with Gasteiger partial charge in [-0.2, -0.15) is 0 Å². The molecule has 2 atom stereocenters. The normalized spacial score (nSPS) is 17.6. The second-order valence-corrected chi connectivity index (χ2v) is 7.64. The summed E-state index contributed by atoms with van der Waals surface area (Å²) in [6, 6.07) is 26.2. The fourth-order valence-electron chi connectivity index (χ4n) is 3.56. The number of hydrogen-bond acceptors (Lipinski definition) is 5. The number of carbonyl (C=O) groups excluding carboxylic acids is 1. The zero-order chi connectivity index (χ0) is 21.5. The van der Waals surface area contributed by atoms with Gasteiger partial charge in [0.15, 0.2) is 0 Å². The molecule has 3 aromatic rings. The third-order valence-corrected chi connectivity index (χ3v) is 5.46. The quantitative estimate of drug-likeness (QED) is 0.287. The minimum Gasteiger partial charge on any atom is -0.487 e.